The fraction of sp³-hybridized carbons (Fsp3) is 0.438. The Hall–Kier alpha value is -2.37. The highest BCUT2D eigenvalue weighted by molar-refractivity contribution is 6.01. The molecule has 3 fully saturated rings. The SMILES string of the molecule is O=C1N[C@H]2C[C@@H]1N(C(=O)c1cccc(N3CCCC3=O)c1)C2. The van der Waals surface area contributed by atoms with Crippen molar-refractivity contribution >= 4 is 23.4 Å². The Morgan fingerprint density at radius 2 is 2.14 bits per heavy atom. The average Bonchev–Trinajstić information content (AvgIpc) is 3.21. The van der Waals surface area contributed by atoms with Gasteiger partial charge in [0, 0.05) is 36.8 Å². The molecule has 0 spiro atoms. The summed E-state index contributed by atoms with van der Waals surface area (Å²) in [5.41, 5.74) is 1.31. The molecular weight excluding hydrogens is 282 g/mol. The van der Waals surface area contributed by atoms with Crippen LogP contribution < -0.4 is 10.2 Å². The number of hydrogen-bond donors (Lipinski definition) is 1. The second-order valence-corrected chi connectivity index (χ2v) is 6.11. The summed E-state index contributed by atoms with van der Waals surface area (Å²) in [4.78, 5) is 39.6. The Bertz CT molecular complexity index is 672. The van der Waals surface area contributed by atoms with E-state index in [1.807, 2.05) is 6.07 Å². The molecule has 0 radical (unpaired) electrons. The van der Waals surface area contributed by atoms with Crippen LogP contribution in [0.5, 0.6) is 0 Å². The highest BCUT2D eigenvalue weighted by atomic mass is 16.2. The number of nitrogens with zero attached hydrogens (tertiary/aromatic N) is 2. The van der Waals surface area contributed by atoms with Gasteiger partial charge in [0.1, 0.15) is 6.04 Å². The number of nitrogens with one attached hydrogen (secondary N) is 1. The van der Waals surface area contributed by atoms with Crippen LogP contribution in [-0.2, 0) is 9.59 Å². The van der Waals surface area contributed by atoms with E-state index in [4.69, 9.17) is 0 Å². The Morgan fingerprint density at radius 3 is 2.82 bits per heavy atom. The maximum atomic E-state index is 12.7. The molecule has 3 amide bonds. The third-order valence-electron chi connectivity index (χ3n) is 4.69. The summed E-state index contributed by atoms with van der Waals surface area (Å²) >= 11 is 0. The minimum absolute atomic E-state index is 0.0597. The van der Waals surface area contributed by atoms with Crippen LogP contribution in [0.2, 0.25) is 0 Å². The van der Waals surface area contributed by atoms with Gasteiger partial charge < -0.3 is 15.1 Å². The number of piperazine rings is 1. The summed E-state index contributed by atoms with van der Waals surface area (Å²) in [6.45, 7) is 1.27. The quantitative estimate of drug-likeness (QED) is 0.866. The lowest BCUT2D eigenvalue weighted by Crippen LogP contribution is -2.50. The van der Waals surface area contributed by atoms with Crippen molar-refractivity contribution in [2.75, 3.05) is 18.0 Å². The molecule has 0 unspecified atom stereocenters. The molecule has 114 valence electrons. The molecule has 0 aromatic heterocycles. The Kier molecular flexibility index (Phi) is 2.92. The van der Waals surface area contributed by atoms with E-state index in [1.54, 1.807) is 28.0 Å². The van der Waals surface area contributed by atoms with Gasteiger partial charge in [0.25, 0.3) is 5.91 Å². The first-order valence-electron chi connectivity index (χ1n) is 7.65. The van der Waals surface area contributed by atoms with Crippen LogP contribution >= 0.6 is 0 Å². The third kappa shape index (κ3) is 1.98. The van der Waals surface area contributed by atoms with E-state index < -0.39 is 0 Å². The molecule has 22 heavy (non-hydrogen) atoms. The van der Waals surface area contributed by atoms with E-state index in [9.17, 15) is 14.4 Å². The zero-order chi connectivity index (χ0) is 15.3. The average molecular weight is 299 g/mol. The molecule has 0 aliphatic carbocycles. The highest BCUT2D eigenvalue weighted by Crippen LogP contribution is 2.28. The minimum atomic E-state index is -0.338. The van der Waals surface area contributed by atoms with Crippen molar-refractivity contribution < 1.29 is 14.4 Å². The van der Waals surface area contributed by atoms with Gasteiger partial charge >= 0.3 is 0 Å². The van der Waals surface area contributed by atoms with Crippen LogP contribution in [0.1, 0.15) is 29.6 Å². The molecule has 0 saturated carbocycles. The summed E-state index contributed by atoms with van der Waals surface area (Å²) in [6, 6.07) is 6.90. The number of carbonyl (C=O) groups is 3. The van der Waals surface area contributed by atoms with Gasteiger partial charge in [0.15, 0.2) is 0 Å². The van der Waals surface area contributed by atoms with Crippen molar-refractivity contribution in [1.29, 1.82) is 0 Å². The first-order chi connectivity index (χ1) is 10.6. The second-order valence-electron chi connectivity index (χ2n) is 6.11. The van der Waals surface area contributed by atoms with Gasteiger partial charge in [-0.25, -0.2) is 0 Å². The number of rotatable bonds is 2. The summed E-state index contributed by atoms with van der Waals surface area (Å²) in [6.07, 6.45) is 2.12. The molecule has 1 aromatic carbocycles. The molecular formula is C16H17N3O3. The van der Waals surface area contributed by atoms with Crippen LogP contribution in [0, 0.1) is 0 Å². The van der Waals surface area contributed by atoms with Gasteiger partial charge in [-0.15, -0.1) is 0 Å². The lowest BCUT2D eigenvalue weighted by molar-refractivity contribution is -0.124. The van der Waals surface area contributed by atoms with E-state index in [-0.39, 0.29) is 29.8 Å². The van der Waals surface area contributed by atoms with Crippen molar-refractivity contribution in [1.82, 2.24) is 10.2 Å². The highest BCUT2D eigenvalue weighted by Gasteiger charge is 2.46. The zero-order valence-corrected chi connectivity index (χ0v) is 12.1. The van der Waals surface area contributed by atoms with Crippen LogP contribution in [0.25, 0.3) is 0 Å². The van der Waals surface area contributed by atoms with Gasteiger partial charge in [0.2, 0.25) is 11.8 Å². The first-order valence-corrected chi connectivity index (χ1v) is 7.65. The topological polar surface area (TPSA) is 69.7 Å². The molecule has 3 saturated heterocycles. The standard InChI is InChI=1S/C16H17N3O3/c20-14-5-2-6-18(14)12-4-1-3-10(7-12)16(22)19-9-11-8-13(19)15(21)17-11/h1,3-4,7,11,13H,2,5-6,8-9H2,(H,17,21)/t11-,13-/m0/s1. The lowest BCUT2D eigenvalue weighted by atomic mass is 10.1. The zero-order valence-electron chi connectivity index (χ0n) is 12.1. The van der Waals surface area contributed by atoms with Crippen molar-refractivity contribution in [2.45, 2.75) is 31.3 Å². The van der Waals surface area contributed by atoms with Crippen molar-refractivity contribution in [3.63, 3.8) is 0 Å². The summed E-state index contributed by atoms with van der Waals surface area (Å²) in [5, 5.41) is 2.87. The lowest BCUT2D eigenvalue weighted by Gasteiger charge is -2.27. The number of anilines is 1. The molecule has 6 nitrogen and oxygen atoms in total. The fourth-order valence-corrected chi connectivity index (χ4v) is 3.60. The van der Waals surface area contributed by atoms with Gasteiger partial charge in [-0.05, 0) is 31.0 Å². The summed E-state index contributed by atoms with van der Waals surface area (Å²) in [5.74, 6) is -0.0875. The maximum absolute atomic E-state index is 12.7. The number of carbonyl (C=O) groups excluding carboxylic acids is 3. The molecule has 1 aromatic rings. The second kappa shape index (κ2) is 4.83. The molecule has 3 aliphatic heterocycles. The normalized spacial score (nSPS) is 26.7. The van der Waals surface area contributed by atoms with Crippen LogP contribution in [0.15, 0.2) is 24.3 Å². The molecule has 3 heterocycles. The van der Waals surface area contributed by atoms with Crippen molar-refractivity contribution in [2.24, 2.45) is 0 Å². The smallest absolute Gasteiger partial charge is 0.254 e. The fourth-order valence-electron chi connectivity index (χ4n) is 3.60. The number of hydrogen-bond acceptors (Lipinski definition) is 3. The van der Waals surface area contributed by atoms with E-state index in [2.05, 4.69) is 5.32 Å². The first kappa shape index (κ1) is 13.3. The van der Waals surface area contributed by atoms with E-state index in [1.165, 1.54) is 0 Å². The molecule has 4 rings (SSSR count). The van der Waals surface area contributed by atoms with Crippen LogP contribution in [0.3, 0.4) is 0 Å². The van der Waals surface area contributed by atoms with E-state index >= 15 is 0 Å². The molecule has 6 heteroatoms. The predicted octanol–water partition coefficient (Wildman–Crippen LogP) is 0.526. The number of likely N-dealkylation sites (tertiary alicyclic amines) is 1. The van der Waals surface area contributed by atoms with Crippen LogP contribution in [-0.4, -0.2) is 47.8 Å². The van der Waals surface area contributed by atoms with Crippen molar-refractivity contribution in [3.8, 4) is 0 Å². The van der Waals surface area contributed by atoms with Gasteiger partial charge in [-0.1, -0.05) is 6.07 Å². The number of fused-ring (bicyclic) bond motifs is 2. The number of amides is 3. The number of benzene rings is 1. The van der Waals surface area contributed by atoms with E-state index in [0.717, 1.165) is 12.1 Å². The summed E-state index contributed by atoms with van der Waals surface area (Å²) < 4.78 is 0. The molecule has 1 N–H and O–H groups in total. The molecule has 2 atom stereocenters. The van der Waals surface area contributed by atoms with Gasteiger partial charge in [0.05, 0.1) is 0 Å². The minimum Gasteiger partial charge on any atom is -0.350 e. The van der Waals surface area contributed by atoms with Crippen molar-refractivity contribution in [3.05, 3.63) is 29.8 Å². The predicted molar refractivity (Wildman–Crippen MR) is 79.4 cm³/mol. The largest absolute Gasteiger partial charge is 0.350 e. The van der Waals surface area contributed by atoms with Gasteiger partial charge in [-0.3, -0.25) is 14.4 Å². The third-order valence-corrected chi connectivity index (χ3v) is 4.69. The molecule has 3 aliphatic rings. The summed E-state index contributed by atoms with van der Waals surface area (Å²) in [7, 11) is 0. The monoisotopic (exact) mass is 299 g/mol. The van der Waals surface area contributed by atoms with Gasteiger partial charge in [-0.2, -0.15) is 0 Å². The molecule has 2 bridgehead atoms. The van der Waals surface area contributed by atoms with E-state index in [0.29, 0.717) is 31.5 Å². The Balaban J connectivity index is 1.59. The Labute approximate surface area is 128 Å². The maximum Gasteiger partial charge on any atom is 0.254 e. The Morgan fingerprint density at radius 1 is 1.27 bits per heavy atom. The van der Waals surface area contributed by atoms with Crippen LogP contribution in [0.4, 0.5) is 5.69 Å².